The van der Waals surface area contributed by atoms with Gasteiger partial charge in [-0.2, -0.15) is 0 Å². The standard InChI is InChI=1S/C22H27N3O2S/c1-13(2)14-3-5-15(6-4-14)20(26)25-22-19(9-10-28-22)21(27)24-18-11-16-7-8-17(12-18)23-16/h3-6,9-10,13,16-18,23H,7-8,11-12H2,1-2H3,(H,24,27)(H,25,26). The first-order valence-corrected chi connectivity index (χ1v) is 10.9. The third-order valence-electron chi connectivity index (χ3n) is 5.78. The highest BCUT2D eigenvalue weighted by atomic mass is 32.1. The quantitative estimate of drug-likeness (QED) is 0.710. The molecule has 28 heavy (non-hydrogen) atoms. The van der Waals surface area contributed by atoms with Crippen LogP contribution < -0.4 is 16.0 Å². The maximum atomic E-state index is 12.8. The van der Waals surface area contributed by atoms with Gasteiger partial charge < -0.3 is 16.0 Å². The van der Waals surface area contributed by atoms with Crippen LogP contribution in [0.5, 0.6) is 0 Å². The van der Waals surface area contributed by atoms with E-state index in [4.69, 9.17) is 0 Å². The predicted molar refractivity (Wildman–Crippen MR) is 113 cm³/mol. The highest BCUT2D eigenvalue weighted by Gasteiger charge is 2.34. The molecule has 0 aliphatic carbocycles. The maximum Gasteiger partial charge on any atom is 0.256 e. The van der Waals surface area contributed by atoms with Crippen LogP contribution in [0.4, 0.5) is 5.00 Å². The Hall–Kier alpha value is -2.18. The van der Waals surface area contributed by atoms with Crippen molar-refractivity contribution in [2.75, 3.05) is 5.32 Å². The summed E-state index contributed by atoms with van der Waals surface area (Å²) in [5.41, 5.74) is 2.34. The van der Waals surface area contributed by atoms with Gasteiger partial charge in [0.25, 0.3) is 11.8 Å². The molecule has 2 saturated heterocycles. The number of benzene rings is 1. The Labute approximate surface area is 169 Å². The second kappa shape index (κ2) is 8.05. The van der Waals surface area contributed by atoms with Crippen LogP contribution >= 0.6 is 11.3 Å². The number of hydrogen-bond donors (Lipinski definition) is 3. The van der Waals surface area contributed by atoms with Crippen LogP contribution in [-0.4, -0.2) is 29.9 Å². The zero-order chi connectivity index (χ0) is 19.7. The van der Waals surface area contributed by atoms with E-state index in [1.165, 1.54) is 29.7 Å². The first-order valence-electron chi connectivity index (χ1n) is 10.1. The summed E-state index contributed by atoms with van der Waals surface area (Å²) in [4.78, 5) is 25.4. The molecule has 4 rings (SSSR count). The Balaban J connectivity index is 1.40. The Morgan fingerprint density at radius 2 is 1.71 bits per heavy atom. The number of fused-ring (bicyclic) bond motifs is 2. The number of nitrogens with one attached hydrogen (secondary N) is 3. The van der Waals surface area contributed by atoms with E-state index < -0.39 is 0 Å². The number of thiophene rings is 1. The molecule has 5 nitrogen and oxygen atoms in total. The fourth-order valence-corrected chi connectivity index (χ4v) is 5.00. The summed E-state index contributed by atoms with van der Waals surface area (Å²) in [7, 11) is 0. The first kappa shape index (κ1) is 19.2. The van der Waals surface area contributed by atoms with Gasteiger partial charge in [-0.1, -0.05) is 26.0 Å². The van der Waals surface area contributed by atoms with Crippen LogP contribution in [0.25, 0.3) is 0 Å². The molecule has 6 heteroatoms. The minimum absolute atomic E-state index is 0.0991. The smallest absolute Gasteiger partial charge is 0.256 e. The van der Waals surface area contributed by atoms with Gasteiger partial charge in [-0.15, -0.1) is 11.3 Å². The van der Waals surface area contributed by atoms with Crippen LogP contribution in [0.3, 0.4) is 0 Å². The van der Waals surface area contributed by atoms with Gasteiger partial charge in [0.15, 0.2) is 0 Å². The first-order chi connectivity index (χ1) is 13.5. The highest BCUT2D eigenvalue weighted by molar-refractivity contribution is 7.14. The molecule has 148 valence electrons. The molecule has 0 spiro atoms. The number of anilines is 1. The molecule has 2 aromatic rings. The minimum atomic E-state index is -0.188. The van der Waals surface area contributed by atoms with Crippen LogP contribution in [-0.2, 0) is 0 Å². The summed E-state index contributed by atoms with van der Waals surface area (Å²) in [6, 6.07) is 10.7. The monoisotopic (exact) mass is 397 g/mol. The topological polar surface area (TPSA) is 70.2 Å². The van der Waals surface area contributed by atoms with E-state index >= 15 is 0 Å². The third-order valence-corrected chi connectivity index (χ3v) is 6.61. The van der Waals surface area contributed by atoms with E-state index in [2.05, 4.69) is 29.8 Å². The lowest BCUT2D eigenvalue weighted by Gasteiger charge is -2.29. The highest BCUT2D eigenvalue weighted by Crippen LogP contribution is 2.28. The molecule has 2 aliphatic rings. The second-order valence-corrected chi connectivity index (χ2v) is 9.09. The van der Waals surface area contributed by atoms with Gasteiger partial charge in [0.1, 0.15) is 5.00 Å². The van der Waals surface area contributed by atoms with Crippen molar-refractivity contribution in [3.8, 4) is 0 Å². The molecule has 2 atom stereocenters. The van der Waals surface area contributed by atoms with Gasteiger partial charge in [-0.3, -0.25) is 9.59 Å². The lowest BCUT2D eigenvalue weighted by molar-refractivity contribution is 0.0925. The number of amides is 2. The van der Waals surface area contributed by atoms with E-state index in [9.17, 15) is 9.59 Å². The van der Waals surface area contributed by atoms with Crippen molar-refractivity contribution < 1.29 is 9.59 Å². The second-order valence-electron chi connectivity index (χ2n) is 8.17. The Kier molecular flexibility index (Phi) is 5.51. The Morgan fingerprint density at radius 1 is 1.04 bits per heavy atom. The van der Waals surface area contributed by atoms with E-state index in [0.29, 0.717) is 34.1 Å². The van der Waals surface area contributed by atoms with E-state index in [1.54, 1.807) is 6.07 Å². The number of hydrogen-bond acceptors (Lipinski definition) is 4. The summed E-state index contributed by atoms with van der Waals surface area (Å²) >= 11 is 1.38. The van der Waals surface area contributed by atoms with Gasteiger partial charge >= 0.3 is 0 Å². The summed E-state index contributed by atoms with van der Waals surface area (Å²) < 4.78 is 0. The molecule has 0 saturated carbocycles. The van der Waals surface area contributed by atoms with Crippen LogP contribution in [0, 0.1) is 0 Å². The van der Waals surface area contributed by atoms with Gasteiger partial charge in [0.2, 0.25) is 0 Å². The van der Waals surface area contributed by atoms with Crippen molar-refractivity contribution in [1.29, 1.82) is 0 Å². The lowest BCUT2D eigenvalue weighted by atomic mass is 9.99. The maximum absolute atomic E-state index is 12.8. The van der Waals surface area contributed by atoms with Gasteiger partial charge in [-0.25, -0.2) is 0 Å². The van der Waals surface area contributed by atoms with Crippen molar-refractivity contribution >= 4 is 28.2 Å². The van der Waals surface area contributed by atoms with Gasteiger partial charge in [-0.05, 0) is 60.7 Å². The molecular formula is C22H27N3O2S. The van der Waals surface area contributed by atoms with Gasteiger partial charge in [0, 0.05) is 23.7 Å². The molecule has 2 amide bonds. The molecule has 2 aliphatic heterocycles. The van der Waals surface area contributed by atoms with Crippen molar-refractivity contribution in [2.24, 2.45) is 0 Å². The van der Waals surface area contributed by atoms with E-state index in [0.717, 1.165) is 12.8 Å². The van der Waals surface area contributed by atoms with Crippen molar-refractivity contribution in [3.05, 3.63) is 52.4 Å². The van der Waals surface area contributed by atoms with Crippen LogP contribution in [0.2, 0.25) is 0 Å². The van der Waals surface area contributed by atoms with E-state index in [-0.39, 0.29) is 17.9 Å². The molecule has 0 radical (unpaired) electrons. The van der Waals surface area contributed by atoms with Crippen LogP contribution in [0.15, 0.2) is 35.7 Å². The zero-order valence-electron chi connectivity index (χ0n) is 16.3. The predicted octanol–water partition coefficient (Wildman–Crippen LogP) is 4.14. The number of carbonyl (C=O) groups excluding carboxylic acids is 2. The molecule has 3 N–H and O–H groups in total. The lowest BCUT2D eigenvalue weighted by Crippen LogP contribution is -2.48. The molecular weight excluding hydrogens is 370 g/mol. The fraction of sp³-hybridized carbons (Fsp3) is 0.455. The molecule has 2 fully saturated rings. The van der Waals surface area contributed by atoms with Crippen molar-refractivity contribution in [1.82, 2.24) is 10.6 Å². The average molecular weight is 398 g/mol. The summed E-state index contributed by atoms with van der Waals surface area (Å²) in [6.45, 7) is 4.25. The summed E-state index contributed by atoms with van der Waals surface area (Å²) in [5.74, 6) is 0.139. The van der Waals surface area contributed by atoms with E-state index in [1.807, 2.05) is 29.6 Å². The molecule has 1 aromatic heterocycles. The number of rotatable bonds is 5. The zero-order valence-corrected chi connectivity index (χ0v) is 17.1. The molecule has 2 unspecified atom stereocenters. The largest absolute Gasteiger partial charge is 0.349 e. The van der Waals surface area contributed by atoms with Gasteiger partial charge in [0.05, 0.1) is 5.56 Å². The van der Waals surface area contributed by atoms with Crippen LogP contribution in [0.1, 0.15) is 71.7 Å². The molecule has 2 bridgehead atoms. The Bertz CT molecular complexity index is 847. The molecule has 3 heterocycles. The Morgan fingerprint density at radius 3 is 2.36 bits per heavy atom. The third kappa shape index (κ3) is 4.13. The fourth-order valence-electron chi connectivity index (χ4n) is 4.22. The minimum Gasteiger partial charge on any atom is -0.349 e. The van der Waals surface area contributed by atoms with Crippen molar-refractivity contribution in [3.63, 3.8) is 0 Å². The van der Waals surface area contributed by atoms with Crippen molar-refractivity contribution in [2.45, 2.75) is 63.6 Å². The SMILES string of the molecule is CC(C)c1ccc(C(=O)Nc2sccc2C(=O)NC2CC3CCC(C2)N3)cc1. The number of piperidine rings is 1. The summed E-state index contributed by atoms with van der Waals surface area (Å²) in [5, 5.41) is 12.1. The normalized spacial score (nSPS) is 23.6. The number of carbonyl (C=O) groups is 2. The average Bonchev–Trinajstić information content (AvgIpc) is 3.27. The summed E-state index contributed by atoms with van der Waals surface area (Å²) in [6.07, 6.45) is 4.37. The molecule has 1 aromatic carbocycles.